The number of likely N-dealkylation sites (tertiary alicyclic amines) is 1. The number of H-pyrrole nitrogens is 1. The molecular formula is C15H17FN4O3S. The summed E-state index contributed by atoms with van der Waals surface area (Å²) in [6, 6.07) is 4.84. The molecule has 0 unspecified atom stereocenters. The molecule has 0 aliphatic carbocycles. The molecule has 3 rings (SSSR count). The number of hydrogen-bond acceptors (Lipinski definition) is 4. The third kappa shape index (κ3) is 3.31. The molecule has 128 valence electrons. The van der Waals surface area contributed by atoms with Crippen molar-refractivity contribution in [3.8, 4) is 0 Å². The van der Waals surface area contributed by atoms with Crippen LogP contribution in [0.2, 0.25) is 0 Å². The van der Waals surface area contributed by atoms with Gasteiger partial charge in [-0.2, -0.15) is 5.10 Å². The molecular weight excluding hydrogens is 335 g/mol. The van der Waals surface area contributed by atoms with E-state index in [-0.39, 0.29) is 16.4 Å². The van der Waals surface area contributed by atoms with Crippen LogP contribution in [0.3, 0.4) is 0 Å². The van der Waals surface area contributed by atoms with E-state index in [9.17, 15) is 17.6 Å². The number of amides is 1. The van der Waals surface area contributed by atoms with Crippen molar-refractivity contribution in [2.45, 2.75) is 23.7 Å². The van der Waals surface area contributed by atoms with Crippen LogP contribution in [0, 0.1) is 5.82 Å². The number of halogens is 1. The Morgan fingerprint density at radius 1 is 1.38 bits per heavy atom. The summed E-state index contributed by atoms with van der Waals surface area (Å²) in [5, 5.41) is 11.9. The van der Waals surface area contributed by atoms with Gasteiger partial charge in [-0.25, -0.2) is 17.9 Å². The Morgan fingerprint density at radius 3 is 2.83 bits per heavy atom. The van der Waals surface area contributed by atoms with Crippen molar-refractivity contribution < 1.29 is 17.6 Å². The molecule has 1 saturated heterocycles. The molecule has 2 aromatic rings. The van der Waals surface area contributed by atoms with Crippen LogP contribution in [-0.2, 0) is 10.0 Å². The van der Waals surface area contributed by atoms with Crippen LogP contribution in [0.5, 0.6) is 0 Å². The number of carbonyl (C=O) groups excluding carboxylic acids is 1. The summed E-state index contributed by atoms with van der Waals surface area (Å²) in [4.78, 5) is 13.9. The van der Waals surface area contributed by atoms with E-state index in [1.165, 1.54) is 4.90 Å². The molecule has 1 aliphatic rings. The Kier molecular flexibility index (Phi) is 4.37. The summed E-state index contributed by atoms with van der Waals surface area (Å²) in [7, 11) is -4.00. The molecule has 3 N–H and O–H groups in total. The minimum Gasteiger partial charge on any atom is -0.338 e. The number of aromatic nitrogens is 2. The lowest BCUT2D eigenvalue weighted by Gasteiger charge is -2.32. The summed E-state index contributed by atoms with van der Waals surface area (Å²) < 4.78 is 36.9. The van der Waals surface area contributed by atoms with E-state index in [1.807, 2.05) is 6.07 Å². The fourth-order valence-electron chi connectivity index (χ4n) is 2.93. The highest BCUT2D eigenvalue weighted by atomic mass is 32.2. The van der Waals surface area contributed by atoms with Crippen molar-refractivity contribution in [2.75, 3.05) is 13.1 Å². The summed E-state index contributed by atoms with van der Waals surface area (Å²) in [6.45, 7) is 0.905. The van der Waals surface area contributed by atoms with Crippen molar-refractivity contribution in [3.05, 3.63) is 47.5 Å². The maximum atomic E-state index is 14.0. The number of carbonyl (C=O) groups is 1. The van der Waals surface area contributed by atoms with Crippen LogP contribution in [0.15, 0.2) is 35.4 Å². The lowest BCUT2D eigenvalue weighted by atomic mass is 9.94. The van der Waals surface area contributed by atoms with Gasteiger partial charge in [0.15, 0.2) is 0 Å². The number of hydrogen-bond donors (Lipinski definition) is 2. The molecule has 24 heavy (non-hydrogen) atoms. The number of benzene rings is 1. The molecule has 1 aliphatic heterocycles. The molecule has 9 heteroatoms. The molecule has 0 saturated carbocycles. The van der Waals surface area contributed by atoms with Gasteiger partial charge in [-0.15, -0.1) is 0 Å². The third-order valence-corrected chi connectivity index (χ3v) is 5.08. The number of sulfonamides is 1. The summed E-state index contributed by atoms with van der Waals surface area (Å²) in [5.41, 5.74) is 0.637. The molecule has 7 nitrogen and oxygen atoms in total. The van der Waals surface area contributed by atoms with E-state index < -0.39 is 21.7 Å². The highest BCUT2D eigenvalue weighted by molar-refractivity contribution is 7.89. The zero-order valence-electron chi connectivity index (χ0n) is 12.8. The second kappa shape index (κ2) is 6.33. The predicted molar refractivity (Wildman–Crippen MR) is 84.2 cm³/mol. The first-order valence-corrected chi connectivity index (χ1v) is 9.02. The lowest BCUT2D eigenvalue weighted by Crippen LogP contribution is -2.39. The zero-order chi connectivity index (χ0) is 17.3. The Bertz CT molecular complexity index is 852. The van der Waals surface area contributed by atoms with Crippen molar-refractivity contribution >= 4 is 15.9 Å². The first-order valence-electron chi connectivity index (χ1n) is 7.47. The molecule has 1 fully saturated rings. The Morgan fingerprint density at radius 2 is 2.17 bits per heavy atom. The maximum absolute atomic E-state index is 14.0. The van der Waals surface area contributed by atoms with Crippen molar-refractivity contribution in [1.82, 2.24) is 15.1 Å². The van der Waals surface area contributed by atoms with E-state index in [4.69, 9.17) is 5.14 Å². The maximum Gasteiger partial charge on any atom is 0.256 e. The number of nitrogens with zero attached hydrogens (tertiary/aromatic N) is 2. The van der Waals surface area contributed by atoms with Crippen LogP contribution in [0.25, 0.3) is 0 Å². The van der Waals surface area contributed by atoms with Crippen molar-refractivity contribution in [3.63, 3.8) is 0 Å². The van der Waals surface area contributed by atoms with Gasteiger partial charge >= 0.3 is 0 Å². The molecule has 0 bridgehead atoms. The quantitative estimate of drug-likeness (QED) is 0.865. The van der Waals surface area contributed by atoms with Gasteiger partial charge in [-0.05, 0) is 37.1 Å². The van der Waals surface area contributed by atoms with Crippen LogP contribution < -0.4 is 5.14 Å². The number of nitrogens with two attached hydrogens (primary N) is 1. The van der Waals surface area contributed by atoms with Gasteiger partial charge in [0.25, 0.3) is 5.91 Å². The fourth-order valence-corrected chi connectivity index (χ4v) is 3.46. The molecule has 1 aromatic heterocycles. The van der Waals surface area contributed by atoms with Gasteiger partial charge in [-0.3, -0.25) is 9.89 Å². The second-order valence-electron chi connectivity index (χ2n) is 5.79. The van der Waals surface area contributed by atoms with Gasteiger partial charge in [0.1, 0.15) is 5.82 Å². The van der Waals surface area contributed by atoms with Gasteiger partial charge in [0.05, 0.1) is 10.5 Å². The van der Waals surface area contributed by atoms with E-state index in [2.05, 4.69) is 10.2 Å². The van der Waals surface area contributed by atoms with E-state index in [1.54, 1.807) is 6.20 Å². The van der Waals surface area contributed by atoms with Gasteiger partial charge in [0.2, 0.25) is 10.0 Å². The minimum atomic E-state index is -4.00. The SMILES string of the molecule is NS(=O)(=O)c1ccc(F)c(C(=O)N2CCC[C@H](c3ccn[nH]3)C2)c1. The number of piperidine rings is 1. The van der Waals surface area contributed by atoms with Crippen LogP contribution in [0.1, 0.15) is 34.8 Å². The van der Waals surface area contributed by atoms with Crippen molar-refractivity contribution in [1.29, 1.82) is 0 Å². The molecule has 1 atom stereocenters. The first-order chi connectivity index (χ1) is 11.4. The number of primary sulfonamides is 1. The summed E-state index contributed by atoms with van der Waals surface area (Å²) >= 11 is 0. The number of aromatic amines is 1. The highest BCUT2D eigenvalue weighted by Crippen LogP contribution is 2.27. The largest absolute Gasteiger partial charge is 0.338 e. The van der Waals surface area contributed by atoms with Crippen molar-refractivity contribution in [2.24, 2.45) is 5.14 Å². The Hall–Kier alpha value is -2.26. The van der Waals surface area contributed by atoms with E-state index in [0.29, 0.717) is 13.1 Å². The van der Waals surface area contributed by atoms with E-state index >= 15 is 0 Å². The summed E-state index contributed by atoms with van der Waals surface area (Å²) in [6.07, 6.45) is 3.31. The Labute approximate surface area is 138 Å². The average Bonchev–Trinajstić information content (AvgIpc) is 3.08. The van der Waals surface area contributed by atoms with Gasteiger partial charge in [-0.1, -0.05) is 0 Å². The number of nitrogens with one attached hydrogen (secondary N) is 1. The average molecular weight is 352 g/mol. The fraction of sp³-hybridized carbons (Fsp3) is 0.333. The van der Waals surface area contributed by atoms with Gasteiger partial charge < -0.3 is 4.90 Å². The monoisotopic (exact) mass is 352 g/mol. The van der Waals surface area contributed by atoms with Crippen LogP contribution >= 0.6 is 0 Å². The molecule has 1 aromatic carbocycles. The van der Waals surface area contributed by atoms with E-state index in [0.717, 1.165) is 36.7 Å². The number of rotatable bonds is 3. The lowest BCUT2D eigenvalue weighted by molar-refractivity contribution is 0.0701. The third-order valence-electron chi connectivity index (χ3n) is 4.17. The molecule has 2 heterocycles. The molecule has 1 amide bonds. The smallest absolute Gasteiger partial charge is 0.256 e. The second-order valence-corrected chi connectivity index (χ2v) is 7.35. The summed E-state index contributed by atoms with van der Waals surface area (Å²) in [5.74, 6) is -1.21. The molecule has 0 spiro atoms. The topological polar surface area (TPSA) is 109 Å². The van der Waals surface area contributed by atoms with Gasteiger partial charge in [0, 0.05) is 30.9 Å². The Balaban J connectivity index is 1.86. The standard InChI is InChI=1S/C15H17FN4O3S/c16-13-4-3-11(24(17,22)23)8-12(13)15(21)20-7-1-2-10(9-20)14-5-6-18-19-14/h3-6,8,10H,1-2,7,9H2,(H,18,19)(H2,17,22,23)/t10-/m0/s1. The molecule has 0 radical (unpaired) electrons. The normalized spacial score (nSPS) is 18.6. The van der Waals surface area contributed by atoms with Crippen LogP contribution in [-0.4, -0.2) is 42.5 Å². The first kappa shape index (κ1) is 16.6. The minimum absolute atomic E-state index is 0.0923. The highest BCUT2D eigenvalue weighted by Gasteiger charge is 2.28. The van der Waals surface area contributed by atoms with Crippen LogP contribution in [0.4, 0.5) is 4.39 Å². The predicted octanol–water partition coefficient (Wildman–Crippen LogP) is 1.22. The zero-order valence-corrected chi connectivity index (χ0v) is 13.6.